The summed E-state index contributed by atoms with van der Waals surface area (Å²) in [6.07, 6.45) is -0.291. The first kappa shape index (κ1) is 59.6. The number of fused-ring (bicyclic) bond motifs is 1. The Kier molecular flexibility index (Phi) is 19.6. The van der Waals surface area contributed by atoms with Crippen molar-refractivity contribution in [2.24, 2.45) is 10.8 Å². The number of aromatic nitrogens is 4. The molecule has 0 spiro atoms. The van der Waals surface area contributed by atoms with Crippen molar-refractivity contribution in [3.63, 3.8) is 0 Å². The van der Waals surface area contributed by atoms with E-state index in [1.54, 1.807) is 74.7 Å². The van der Waals surface area contributed by atoms with Crippen LogP contribution in [0.15, 0.2) is 66.7 Å². The van der Waals surface area contributed by atoms with Crippen molar-refractivity contribution in [3.8, 4) is 28.6 Å². The molecular formula is C57H73ClN8O10. The lowest BCUT2D eigenvalue weighted by atomic mass is 9.89. The summed E-state index contributed by atoms with van der Waals surface area (Å²) >= 11 is 6.65. The number of ketones is 1. The number of carbonyl (C=O) groups excluding carboxylic acids is 5. The Morgan fingerprint density at radius 3 is 2.00 bits per heavy atom. The summed E-state index contributed by atoms with van der Waals surface area (Å²) in [5.41, 5.74) is 6.92. The fourth-order valence-corrected chi connectivity index (χ4v) is 8.27. The van der Waals surface area contributed by atoms with Gasteiger partial charge in [0.25, 0.3) is 5.91 Å². The quantitative estimate of drug-likeness (QED) is 0.0296. The molecule has 0 saturated heterocycles. The van der Waals surface area contributed by atoms with Crippen molar-refractivity contribution in [1.29, 1.82) is 0 Å². The first-order valence-corrected chi connectivity index (χ1v) is 25.3. The largest absolute Gasteiger partial charge is 0.497 e. The Morgan fingerprint density at radius 1 is 0.750 bits per heavy atom. The SMILES string of the molecule is COc1ccc(NC(=O)CCCOc2ccc(C)cc2C)c(NC(=O)CC(=O)C(C)(C)C)c1.Cc1cc(C)c(-c2nnc3c(Cl)c(C(C)(C)C)[nH]n23)c(C)c1NC(=O)C(C)Oc1ccc(NC(=O)C(C)(CO)CO)cc1. The zero-order valence-electron chi connectivity index (χ0n) is 46.1. The van der Waals surface area contributed by atoms with E-state index >= 15 is 0 Å². The number of nitrogens with zero attached hydrogens (tertiary/aromatic N) is 3. The Hall–Kier alpha value is -7.28. The fraction of sp³-hybridized carbons (Fsp3) is 0.421. The third kappa shape index (κ3) is 15.0. The van der Waals surface area contributed by atoms with Gasteiger partial charge in [0.2, 0.25) is 17.7 Å². The summed E-state index contributed by atoms with van der Waals surface area (Å²) in [5, 5.41) is 42.7. The molecule has 0 aliphatic carbocycles. The number of hydrogen-bond donors (Lipinski definition) is 7. The number of nitrogens with one attached hydrogen (secondary N) is 5. The number of aromatic amines is 1. The summed E-state index contributed by atoms with van der Waals surface area (Å²) < 4.78 is 18.7. The molecule has 19 heteroatoms. The summed E-state index contributed by atoms with van der Waals surface area (Å²) in [4.78, 5) is 62.7. The van der Waals surface area contributed by atoms with Gasteiger partial charge in [-0.1, -0.05) is 76.9 Å². The standard InChI is InChI=1S/C31H39ClN6O5.C26H34N2O5/c1-16-13-17(2)24(18(3)22(16)26-35-36-27-23(32)25(30(5,6)7)37-38(26)27)34-28(41)19(4)43-21-11-9-20(10-12-21)33-29(42)31(8,14-39)15-40;1-17-9-12-22(18(2)14-17)33-13-7-8-24(30)27-20-11-10-19(32-6)15-21(20)28-25(31)16-23(29)26(3,4)5/h9-13,19,37,39-40H,14-15H2,1-8H3,(H,33,42)(H,34,41);9-12,14-15H,7-8,13,16H2,1-6H3,(H,27,30)(H,28,31). The van der Waals surface area contributed by atoms with E-state index in [2.05, 4.69) is 63.4 Å². The summed E-state index contributed by atoms with van der Waals surface area (Å²) in [7, 11) is 1.51. The number of hydrogen-bond acceptors (Lipinski definition) is 12. The van der Waals surface area contributed by atoms with Gasteiger partial charge >= 0.3 is 0 Å². The van der Waals surface area contributed by atoms with Crippen molar-refractivity contribution in [1.82, 2.24) is 19.8 Å². The van der Waals surface area contributed by atoms with Gasteiger partial charge in [-0.2, -0.15) is 0 Å². The fourth-order valence-electron chi connectivity index (χ4n) is 7.82. The van der Waals surface area contributed by atoms with Crippen LogP contribution in [0, 0.1) is 45.4 Å². The first-order valence-electron chi connectivity index (χ1n) is 25.0. The maximum atomic E-state index is 13.3. The van der Waals surface area contributed by atoms with Crippen molar-refractivity contribution in [2.75, 3.05) is 48.2 Å². The first-order chi connectivity index (χ1) is 35.6. The molecule has 0 bridgehead atoms. The second-order valence-electron chi connectivity index (χ2n) is 21.3. The summed E-state index contributed by atoms with van der Waals surface area (Å²) in [6, 6.07) is 19.4. The number of halogens is 1. The average Bonchev–Trinajstić information content (AvgIpc) is 3.92. The van der Waals surface area contributed by atoms with E-state index < -0.39 is 42.0 Å². The van der Waals surface area contributed by atoms with Crippen LogP contribution in [-0.4, -0.2) is 92.5 Å². The van der Waals surface area contributed by atoms with Crippen LogP contribution in [0.2, 0.25) is 5.02 Å². The number of aryl methyl sites for hydroxylation is 4. The van der Waals surface area contributed by atoms with E-state index in [0.717, 1.165) is 39.3 Å². The van der Waals surface area contributed by atoms with E-state index in [4.69, 9.17) is 25.8 Å². The number of amides is 4. The molecule has 4 aromatic carbocycles. The molecule has 18 nitrogen and oxygen atoms in total. The van der Waals surface area contributed by atoms with Gasteiger partial charge in [0.15, 0.2) is 17.6 Å². The van der Waals surface area contributed by atoms with E-state index in [0.29, 0.717) is 63.8 Å². The van der Waals surface area contributed by atoms with Crippen molar-refractivity contribution in [3.05, 3.63) is 105 Å². The van der Waals surface area contributed by atoms with Crippen molar-refractivity contribution < 1.29 is 48.4 Å². The monoisotopic (exact) mass is 1060 g/mol. The second-order valence-corrected chi connectivity index (χ2v) is 21.7. The molecule has 0 saturated carbocycles. The number of Topliss-reactive ketones (excluding diaryl/α,β-unsaturated/α-hetero) is 1. The molecule has 2 aromatic heterocycles. The van der Waals surface area contributed by atoms with Crippen LogP contribution in [0.25, 0.3) is 17.0 Å². The minimum atomic E-state index is -1.31. The molecule has 7 N–H and O–H groups in total. The predicted octanol–water partition coefficient (Wildman–Crippen LogP) is 9.99. The molecular weight excluding hydrogens is 992 g/mol. The molecule has 76 heavy (non-hydrogen) atoms. The van der Waals surface area contributed by atoms with Crippen molar-refractivity contribution >= 4 is 69.4 Å². The number of benzene rings is 4. The average molecular weight is 1070 g/mol. The molecule has 408 valence electrons. The number of ether oxygens (including phenoxy) is 3. The van der Waals surface area contributed by atoms with Crippen LogP contribution in [-0.2, 0) is 29.4 Å². The number of rotatable bonds is 19. The van der Waals surface area contributed by atoms with Gasteiger partial charge in [-0.05, 0) is 120 Å². The Bertz CT molecular complexity index is 3070. The lowest BCUT2D eigenvalue weighted by Gasteiger charge is -2.23. The molecule has 0 aliphatic heterocycles. The highest BCUT2D eigenvalue weighted by Gasteiger charge is 2.32. The van der Waals surface area contributed by atoms with Crippen LogP contribution in [0.1, 0.15) is 108 Å². The van der Waals surface area contributed by atoms with Gasteiger partial charge in [-0.15, -0.1) is 10.2 Å². The van der Waals surface area contributed by atoms with Crippen molar-refractivity contribution in [2.45, 2.75) is 121 Å². The molecule has 1 unspecified atom stereocenters. The molecule has 6 rings (SSSR count). The number of H-pyrrole nitrogens is 1. The molecule has 1 atom stereocenters. The predicted molar refractivity (Wildman–Crippen MR) is 297 cm³/mol. The lowest BCUT2D eigenvalue weighted by Crippen LogP contribution is -2.39. The highest BCUT2D eigenvalue weighted by Crippen LogP contribution is 2.38. The lowest BCUT2D eigenvalue weighted by molar-refractivity contribution is -0.131. The molecule has 0 aliphatic rings. The highest BCUT2D eigenvalue weighted by atomic mass is 35.5. The zero-order valence-corrected chi connectivity index (χ0v) is 46.8. The number of anilines is 4. The van der Waals surface area contributed by atoms with E-state index in [-0.39, 0.29) is 35.9 Å². The second kappa shape index (κ2) is 25.0. The summed E-state index contributed by atoms with van der Waals surface area (Å²) in [6.45, 7) is 23.9. The van der Waals surface area contributed by atoms with Crippen LogP contribution >= 0.6 is 11.6 Å². The molecule has 2 heterocycles. The van der Waals surface area contributed by atoms with Gasteiger partial charge < -0.3 is 45.7 Å². The molecule has 0 fully saturated rings. The topological polar surface area (TPSA) is 248 Å². The van der Waals surface area contributed by atoms with Gasteiger partial charge in [-0.25, -0.2) is 4.52 Å². The number of aliphatic hydroxyl groups excluding tert-OH is 2. The van der Waals surface area contributed by atoms with Gasteiger partial charge in [0.05, 0.1) is 55.8 Å². The minimum Gasteiger partial charge on any atom is -0.497 e. The van der Waals surface area contributed by atoms with Crippen LogP contribution in [0.3, 0.4) is 0 Å². The zero-order chi connectivity index (χ0) is 56.4. The highest BCUT2D eigenvalue weighted by molar-refractivity contribution is 6.34. The normalized spacial score (nSPS) is 12.0. The van der Waals surface area contributed by atoms with Gasteiger partial charge in [0, 0.05) is 40.3 Å². The third-order valence-electron chi connectivity index (χ3n) is 12.6. The Balaban J connectivity index is 0.000000291. The Morgan fingerprint density at radius 2 is 1.39 bits per heavy atom. The summed E-state index contributed by atoms with van der Waals surface area (Å²) in [5.74, 6) is 0.678. The van der Waals surface area contributed by atoms with Gasteiger partial charge in [0.1, 0.15) is 28.1 Å². The van der Waals surface area contributed by atoms with Gasteiger partial charge in [-0.3, -0.25) is 29.1 Å². The smallest absolute Gasteiger partial charge is 0.265 e. The van der Waals surface area contributed by atoms with E-state index in [9.17, 15) is 34.2 Å². The van der Waals surface area contributed by atoms with Crippen LogP contribution < -0.4 is 35.5 Å². The van der Waals surface area contributed by atoms with E-state index in [1.165, 1.54) is 19.6 Å². The third-order valence-corrected chi connectivity index (χ3v) is 13.0. The molecule has 0 radical (unpaired) electrons. The maximum Gasteiger partial charge on any atom is 0.265 e. The van der Waals surface area contributed by atoms with Crippen LogP contribution in [0.5, 0.6) is 17.2 Å². The Labute approximate surface area is 449 Å². The minimum absolute atomic E-state index is 0.169. The number of methoxy groups -OCH3 is 1. The number of carbonyl (C=O) groups is 5. The molecule has 4 amide bonds. The van der Waals surface area contributed by atoms with E-state index in [1.807, 2.05) is 52.8 Å². The maximum absolute atomic E-state index is 13.3. The van der Waals surface area contributed by atoms with Crippen LogP contribution in [0.4, 0.5) is 22.7 Å². The molecule has 6 aromatic rings. The number of aliphatic hydroxyl groups is 2.